The van der Waals surface area contributed by atoms with Crippen LogP contribution >= 0.6 is 0 Å². The summed E-state index contributed by atoms with van der Waals surface area (Å²) in [7, 11) is 2.25. The average molecular weight is 317 g/mol. The van der Waals surface area contributed by atoms with Crippen LogP contribution in [-0.4, -0.2) is 49.6 Å². The number of anilines is 2. The number of benzene rings is 1. The van der Waals surface area contributed by atoms with Crippen LogP contribution in [0, 0.1) is 0 Å². The second-order valence-corrected chi connectivity index (χ2v) is 7.03. The Morgan fingerprint density at radius 3 is 2.78 bits per heavy atom. The van der Waals surface area contributed by atoms with Crippen LogP contribution in [0.5, 0.6) is 5.75 Å². The van der Waals surface area contributed by atoms with Crippen molar-refractivity contribution in [2.45, 2.75) is 44.8 Å². The fourth-order valence-electron chi connectivity index (χ4n) is 3.91. The highest BCUT2D eigenvalue weighted by molar-refractivity contribution is 5.77. The number of nitrogens with one attached hydrogen (secondary N) is 1. The summed E-state index contributed by atoms with van der Waals surface area (Å²) in [6, 6.07) is 6.07. The average Bonchev–Trinajstić information content (AvgIpc) is 3.09. The number of rotatable bonds is 5. The van der Waals surface area contributed by atoms with Gasteiger partial charge in [0, 0.05) is 30.4 Å². The lowest BCUT2D eigenvalue weighted by Gasteiger charge is -2.32. The first-order valence-corrected chi connectivity index (χ1v) is 8.51. The molecule has 1 N–H and O–H groups in total. The van der Waals surface area contributed by atoms with Gasteiger partial charge in [-0.05, 0) is 58.8 Å². The summed E-state index contributed by atoms with van der Waals surface area (Å²) < 4.78 is 5.88. The molecular weight excluding hydrogens is 290 g/mol. The van der Waals surface area contributed by atoms with E-state index in [1.165, 1.54) is 31.5 Å². The Morgan fingerprint density at radius 1 is 1.30 bits per heavy atom. The monoisotopic (exact) mass is 317 g/mol. The first-order chi connectivity index (χ1) is 11.0. The van der Waals surface area contributed by atoms with Crippen molar-refractivity contribution in [1.29, 1.82) is 0 Å². The third kappa shape index (κ3) is 3.15. The van der Waals surface area contributed by atoms with Crippen molar-refractivity contribution >= 4 is 17.8 Å². The minimum absolute atomic E-state index is 0.0725. The Labute approximate surface area is 138 Å². The molecule has 2 heterocycles. The van der Waals surface area contributed by atoms with Crippen molar-refractivity contribution in [3.05, 3.63) is 18.2 Å². The number of likely N-dealkylation sites (tertiary alicyclic amines) is 1. The third-order valence-corrected chi connectivity index (χ3v) is 5.19. The fraction of sp³-hybridized carbons (Fsp3) is 0.611. The standard InChI is InChI=1S/C18H27N3O2/c1-14(2)23-17-11-15(5-6-16(17)19-13-22)21-10-8-18(12-21)7-4-9-20(18)3/h5-6,11,13-14H,4,7-10,12H2,1-3H3,(H,19,22). The van der Waals surface area contributed by atoms with E-state index in [4.69, 9.17) is 4.74 Å². The Kier molecular flexibility index (Phi) is 4.48. The molecule has 3 rings (SSSR count). The van der Waals surface area contributed by atoms with Gasteiger partial charge in [-0.15, -0.1) is 0 Å². The van der Waals surface area contributed by atoms with Gasteiger partial charge in [0.05, 0.1) is 11.8 Å². The Balaban J connectivity index is 1.81. The van der Waals surface area contributed by atoms with Crippen molar-refractivity contribution in [2.75, 3.05) is 36.9 Å². The summed E-state index contributed by atoms with van der Waals surface area (Å²) in [5, 5.41) is 2.72. The summed E-state index contributed by atoms with van der Waals surface area (Å²) in [5.74, 6) is 0.741. The molecule has 0 radical (unpaired) electrons. The van der Waals surface area contributed by atoms with E-state index in [2.05, 4.69) is 34.3 Å². The molecule has 5 heteroatoms. The first kappa shape index (κ1) is 16.1. The van der Waals surface area contributed by atoms with Crippen LogP contribution in [0.2, 0.25) is 0 Å². The van der Waals surface area contributed by atoms with Crippen molar-refractivity contribution in [3.8, 4) is 5.75 Å². The number of hydrogen-bond acceptors (Lipinski definition) is 4. The fourth-order valence-corrected chi connectivity index (χ4v) is 3.91. The summed E-state index contributed by atoms with van der Waals surface area (Å²) in [5.41, 5.74) is 2.25. The number of hydrogen-bond donors (Lipinski definition) is 1. The Morgan fingerprint density at radius 2 is 2.13 bits per heavy atom. The molecule has 2 aliphatic heterocycles. The van der Waals surface area contributed by atoms with Crippen molar-refractivity contribution in [1.82, 2.24) is 4.90 Å². The predicted octanol–water partition coefficient (Wildman–Crippen LogP) is 2.72. The second kappa shape index (κ2) is 6.40. The van der Waals surface area contributed by atoms with Gasteiger partial charge in [-0.25, -0.2) is 0 Å². The van der Waals surface area contributed by atoms with Gasteiger partial charge in [0.25, 0.3) is 0 Å². The van der Waals surface area contributed by atoms with E-state index in [0.717, 1.165) is 24.5 Å². The highest BCUT2D eigenvalue weighted by Crippen LogP contribution is 2.40. The van der Waals surface area contributed by atoms with Gasteiger partial charge in [0.2, 0.25) is 6.41 Å². The highest BCUT2D eigenvalue weighted by Gasteiger charge is 2.44. The molecule has 5 nitrogen and oxygen atoms in total. The number of carbonyl (C=O) groups is 1. The zero-order chi connectivity index (χ0) is 16.4. The molecule has 0 saturated carbocycles. The van der Waals surface area contributed by atoms with Gasteiger partial charge >= 0.3 is 0 Å². The molecule has 2 saturated heterocycles. The van der Waals surface area contributed by atoms with Gasteiger partial charge in [0.15, 0.2) is 0 Å². The number of carbonyl (C=O) groups excluding carboxylic acids is 1. The van der Waals surface area contributed by atoms with E-state index in [0.29, 0.717) is 11.9 Å². The number of amides is 1. The van der Waals surface area contributed by atoms with Gasteiger partial charge in [-0.3, -0.25) is 9.69 Å². The van der Waals surface area contributed by atoms with Crippen molar-refractivity contribution < 1.29 is 9.53 Å². The molecule has 1 amide bonds. The van der Waals surface area contributed by atoms with Gasteiger partial charge in [-0.2, -0.15) is 0 Å². The summed E-state index contributed by atoms with van der Waals surface area (Å²) >= 11 is 0. The van der Waals surface area contributed by atoms with Crippen LogP contribution in [0.4, 0.5) is 11.4 Å². The second-order valence-electron chi connectivity index (χ2n) is 7.03. The van der Waals surface area contributed by atoms with Crippen LogP contribution in [-0.2, 0) is 4.79 Å². The molecule has 0 bridgehead atoms. The summed E-state index contributed by atoms with van der Waals surface area (Å²) in [4.78, 5) is 15.7. The normalized spacial score (nSPS) is 24.6. The van der Waals surface area contributed by atoms with Crippen LogP contribution in [0.25, 0.3) is 0 Å². The van der Waals surface area contributed by atoms with Crippen molar-refractivity contribution in [2.24, 2.45) is 0 Å². The summed E-state index contributed by atoms with van der Waals surface area (Å²) in [6.07, 6.45) is 4.58. The maximum atomic E-state index is 10.8. The number of ether oxygens (including phenoxy) is 1. The zero-order valence-electron chi connectivity index (χ0n) is 14.3. The molecule has 2 aliphatic rings. The minimum Gasteiger partial charge on any atom is -0.489 e. The first-order valence-electron chi connectivity index (χ1n) is 8.51. The maximum absolute atomic E-state index is 10.8. The molecule has 0 aromatic heterocycles. The van der Waals surface area contributed by atoms with Gasteiger partial charge < -0.3 is 15.0 Å². The molecule has 126 valence electrons. The van der Waals surface area contributed by atoms with Crippen molar-refractivity contribution in [3.63, 3.8) is 0 Å². The zero-order valence-corrected chi connectivity index (χ0v) is 14.3. The van der Waals surface area contributed by atoms with Crippen LogP contribution in [0.1, 0.15) is 33.1 Å². The molecule has 2 fully saturated rings. The number of nitrogens with zero attached hydrogens (tertiary/aromatic N) is 2. The van der Waals surface area contributed by atoms with Gasteiger partial charge in [0.1, 0.15) is 5.75 Å². The van der Waals surface area contributed by atoms with E-state index in [1.807, 2.05) is 19.9 Å². The SMILES string of the molecule is CC(C)Oc1cc(N2CCC3(CCCN3C)C2)ccc1NC=O. The smallest absolute Gasteiger partial charge is 0.211 e. The molecule has 1 aromatic carbocycles. The van der Waals surface area contributed by atoms with E-state index < -0.39 is 0 Å². The van der Waals surface area contributed by atoms with E-state index in [1.54, 1.807) is 0 Å². The topological polar surface area (TPSA) is 44.8 Å². The Hall–Kier alpha value is -1.75. The minimum atomic E-state index is 0.0725. The third-order valence-electron chi connectivity index (χ3n) is 5.19. The van der Waals surface area contributed by atoms with Crippen LogP contribution in [0.3, 0.4) is 0 Å². The molecule has 1 unspecified atom stereocenters. The molecular formula is C18H27N3O2. The van der Waals surface area contributed by atoms with E-state index in [-0.39, 0.29) is 6.10 Å². The molecule has 1 atom stereocenters. The van der Waals surface area contributed by atoms with Crippen LogP contribution in [0.15, 0.2) is 18.2 Å². The highest BCUT2D eigenvalue weighted by atomic mass is 16.5. The van der Waals surface area contributed by atoms with E-state index >= 15 is 0 Å². The van der Waals surface area contributed by atoms with E-state index in [9.17, 15) is 4.79 Å². The maximum Gasteiger partial charge on any atom is 0.211 e. The lowest BCUT2D eigenvalue weighted by molar-refractivity contribution is -0.105. The largest absolute Gasteiger partial charge is 0.489 e. The molecule has 23 heavy (non-hydrogen) atoms. The lowest BCUT2D eigenvalue weighted by Crippen LogP contribution is -2.43. The Bertz CT molecular complexity index is 575. The molecule has 1 spiro atoms. The summed E-state index contributed by atoms with van der Waals surface area (Å²) in [6.45, 7) is 7.35. The lowest BCUT2D eigenvalue weighted by atomic mass is 9.96. The quantitative estimate of drug-likeness (QED) is 0.848. The van der Waals surface area contributed by atoms with Gasteiger partial charge in [-0.1, -0.05) is 0 Å². The number of likely N-dealkylation sites (N-methyl/N-ethyl adjacent to an activating group) is 1. The predicted molar refractivity (Wildman–Crippen MR) is 93.3 cm³/mol. The van der Waals surface area contributed by atoms with Crippen LogP contribution < -0.4 is 15.0 Å². The molecule has 0 aliphatic carbocycles. The molecule has 1 aromatic rings.